The van der Waals surface area contributed by atoms with Gasteiger partial charge in [0.15, 0.2) is 5.78 Å². The molecular weight excluding hydrogens is 454 g/mol. The molecule has 0 saturated heterocycles. The van der Waals surface area contributed by atoms with E-state index in [1.165, 1.54) is 10.9 Å². The third-order valence-corrected chi connectivity index (χ3v) is 5.89. The predicted molar refractivity (Wildman–Crippen MR) is 138 cm³/mol. The van der Waals surface area contributed by atoms with E-state index in [9.17, 15) is 14.4 Å². The zero-order valence-corrected chi connectivity index (χ0v) is 19.3. The SMILES string of the molecule is O=C1Nc2cc(/C=C/CCC(=O)c3cccn(Cc4ccncn4)c3=O)ccc2/C1=C/c1ccc[nH]1. The number of ketones is 1. The number of nitrogens with zero attached hydrogens (tertiary/aromatic N) is 3. The van der Waals surface area contributed by atoms with Gasteiger partial charge >= 0.3 is 0 Å². The molecule has 1 aliphatic heterocycles. The third kappa shape index (κ3) is 4.97. The number of hydrogen-bond acceptors (Lipinski definition) is 5. The van der Waals surface area contributed by atoms with Gasteiger partial charge in [-0.05, 0) is 54.5 Å². The van der Waals surface area contributed by atoms with Gasteiger partial charge in [-0.2, -0.15) is 0 Å². The van der Waals surface area contributed by atoms with Crippen LogP contribution in [0.4, 0.5) is 5.69 Å². The van der Waals surface area contributed by atoms with Crippen molar-refractivity contribution in [1.29, 1.82) is 0 Å². The molecule has 0 unspecified atom stereocenters. The van der Waals surface area contributed by atoms with E-state index in [2.05, 4.69) is 20.3 Å². The van der Waals surface area contributed by atoms with E-state index >= 15 is 0 Å². The van der Waals surface area contributed by atoms with Crippen LogP contribution in [0.15, 0.2) is 84.3 Å². The first-order chi connectivity index (χ1) is 17.6. The van der Waals surface area contributed by atoms with E-state index in [1.807, 2.05) is 54.8 Å². The molecule has 0 bridgehead atoms. The number of amides is 1. The number of aromatic amines is 1. The fourth-order valence-electron chi connectivity index (χ4n) is 4.08. The molecule has 0 aliphatic carbocycles. The maximum Gasteiger partial charge on any atom is 0.261 e. The summed E-state index contributed by atoms with van der Waals surface area (Å²) in [6, 6.07) is 14.5. The van der Waals surface area contributed by atoms with E-state index in [4.69, 9.17) is 0 Å². The number of Topliss-reactive ketones (excluding diaryl/α,β-unsaturated/α-hetero) is 1. The van der Waals surface area contributed by atoms with Crippen LogP contribution in [-0.4, -0.2) is 31.2 Å². The number of rotatable bonds is 8. The molecule has 0 saturated carbocycles. The standard InChI is InChI=1S/C28H23N5O3/c34-26(23-7-4-14-33(28(23)36)17-21-11-13-29-18-31-21)8-2-1-5-19-9-10-22-24(16-20-6-3-12-30-20)27(35)32-25(22)15-19/h1,3-7,9-16,18,30H,2,8,17H2,(H,32,35)/b5-1+,24-16-. The summed E-state index contributed by atoms with van der Waals surface area (Å²) in [5.74, 6) is -0.346. The predicted octanol–water partition coefficient (Wildman–Crippen LogP) is 4.18. The number of nitrogens with one attached hydrogen (secondary N) is 2. The number of benzene rings is 1. The Kier molecular flexibility index (Phi) is 6.48. The summed E-state index contributed by atoms with van der Waals surface area (Å²) in [6.07, 6.45) is 12.8. The van der Waals surface area contributed by atoms with Crippen molar-refractivity contribution in [2.24, 2.45) is 0 Å². The van der Waals surface area contributed by atoms with Crippen molar-refractivity contribution >= 4 is 35.1 Å². The van der Waals surface area contributed by atoms with Crippen LogP contribution in [0.25, 0.3) is 17.7 Å². The molecule has 8 heteroatoms. The van der Waals surface area contributed by atoms with E-state index in [0.717, 1.165) is 22.5 Å². The molecule has 3 aromatic heterocycles. The van der Waals surface area contributed by atoms with Crippen molar-refractivity contribution in [1.82, 2.24) is 19.5 Å². The minimum Gasteiger partial charge on any atom is -0.362 e. The molecule has 1 aromatic carbocycles. The molecule has 0 fully saturated rings. The van der Waals surface area contributed by atoms with Crippen molar-refractivity contribution in [2.75, 3.05) is 5.32 Å². The lowest BCUT2D eigenvalue weighted by Crippen LogP contribution is -2.26. The summed E-state index contributed by atoms with van der Waals surface area (Å²) in [6.45, 7) is 0.277. The number of allylic oxidation sites excluding steroid dienone is 1. The Labute approximate surface area is 207 Å². The van der Waals surface area contributed by atoms with E-state index < -0.39 is 0 Å². The fourth-order valence-corrected chi connectivity index (χ4v) is 4.08. The van der Waals surface area contributed by atoms with Gasteiger partial charge in [0.05, 0.1) is 23.4 Å². The molecule has 2 N–H and O–H groups in total. The number of carbonyl (C=O) groups excluding carboxylic acids is 2. The van der Waals surface area contributed by atoms with Gasteiger partial charge in [0.25, 0.3) is 11.5 Å². The van der Waals surface area contributed by atoms with Crippen molar-refractivity contribution in [3.63, 3.8) is 0 Å². The third-order valence-electron chi connectivity index (χ3n) is 5.89. The molecule has 178 valence electrons. The van der Waals surface area contributed by atoms with Crippen molar-refractivity contribution in [2.45, 2.75) is 19.4 Å². The smallest absolute Gasteiger partial charge is 0.261 e. The molecule has 4 aromatic rings. The highest BCUT2D eigenvalue weighted by Crippen LogP contribution is 2.34. The quantitative estimate of drug-likeness (QED) is 0.292. The topological polar surface area (TPSA) is 110 Å². The van der Waals surface area contributed by atoms with Crippen LogP contribution < -0.4 is 10.9 Å². The van der Waals surface area contributed by atoms with Crippen LogP contribution >= 0.6 is 0 Å². The Hall–Kier alpha value is -4.85. The lowest BCUT2D eigenvalue weighted by molar-refractivity contribution is -0.110. The largest absolute Gasteiger partial charge is 0.362 e. The average molecular weight is 478 g/mol. The Morgan fingerprint density at radius 1 is 1.08 bits per heavy atom. The van der Waals surface area contributed by atoms with Crippen LogP contribution in [-0.2, 0) is 11.3 Å². The second kappa shape index (κ2) is 10.2. The second-order valence-electron chi connectivity index (χ2n) is 8.36. The molecule has 4 heterocycles. The number of fused-ring (bicyclic) bond motifs is 1. The van der Waals surface area contributed by atoms with Gasteiger partial charge in [0, 0.05) is 42.0 Å². The normalized spacial score (nSPS) is 13.8. The average Bonchev–Trinajstić information content (AvgIpc) is 3.51. The number of hydrogen-bond donors (Lipinski definition) is 2. The van der Waals surface area contributed by atoms with E-state index in [1.54, 1.807) is 30.6 Å². The molecule has 5 rings (SSSR count). The molecule has 8 nitrogen and oxygen atoms in total. The molecule has 1 aliphatic rings. The maximum absolute atomic E-state index is 12.8. The first kappa shape index (κ1) is 22.9. The van der Waals surface area contributed by atoms with Crippen LogP contribution in [0.3, 0.4) is 0 Å². The van der Waals surface area contributed by atoms with E-state index in [0.29, 0.717) is 17.7 Å². The summed E-state index contributed by atoms with van der Waals surface area (Å²) in [4.78, 5) is 49.0. The fraction of sp³-hybridized carbons (Fsp3) is 0.107. The van der Waals surface area contributed by atoms with Gasteiger partial charge in [0.1, 0.15) is 6.33 Å². The maximum atomic E-state index is 12.8. The van der Waals surface area contributed by atoms with Gasteiger partial charge in [-0.15, -0.1) is 0 Å². The molecule has 1 amide bonds. The number of carbonyl (C=O) groups is 2. The number of H-pyrrole nitrogens is 1. The lowest BCUT2D eigenvalue weighted by Gasteiger charge is -2.07. The molecule has 0 atom stereocenters. The molecule has 36 heavy (non-hydrogen) atoms. The van der Waals surface area contributed by atoms with Crippen LogP contribution in [0.2, 0.25) is 0 Å². The Morgan fingerprint density at radius 3 is 2.81 bits per heavy atom. The first-order valence-corrected chi connectivity index (χ1v) is 11.5. The second-order valence-corrected chi connectivity index (χ2v) is 8.36. The minimum absolute atomic E-state index is 0.139. The molecule has 0 radical (unpaired) electrons. The van der Waals surface area contributed by atoms with Crippen molar-refractivity contribution < 1.29 is 9.59 Å². The lowest BCUT2D eigenvalue weighted by atomic mass is 10.0. The first-order valence-electron chi connectivity index (χ1n) is 11.5. The molecule has 0 spiro atoms. The van der Waals surface area contributed by atoms with Crippen molar-refractivity contribution in [3.8, 4) is 0 Å². The highest BCUT2D eigenvalue weighted by Gasteiger charge is 2.24. The summed E-state index contributed by atoms with van der Waals surface area (Å²) in [5, 5.41) is 2.91. The number of aromatic nitrogens is 4. The van der Waals surface area contributed by atoms with Gasteiger partial charge < -0.3 is 14.9 Å². The summed E-state index contributed by atoms with van der Waals surface area (Å²) >= 11 is 0. The zero-order valence-electron chi connectivity index (χ0n) is 19.3. The number of anilines is 1. The van der Waals surface area contributed by atoms with Crippen LogP contribution in [0.5, 0.6) is 0 Å². The summed E-state index contributed by atoms with van der Waals surface area (Å²) in [5.41, 5.74) is 4.52. The Balaban J connectivity index is 1.22. The highest BCUT2D eigenvalue weighted by molar-refractivity contribution is 6.34. The highest BCUT2D eigenvalue weighted by atomic mass is 16.2. The molecular formula is C28H23N5O3. The summed E-state index contributed by atoms with van der Waals surface area (Å²) < 4.78 is 1.47. The minimum atomic E-state index is -0.331. The van der Waals surface area contributed by atoms with E-state index in [-0.39, 0.29) is 35.8 Å². The van der Waals surface area contributed by atoms with Crippen LogP contribution in [0.1, 0.15) is 45.7 Å². The van der Waals surface area contributed by atoms with Gasteiger partial charge in [-0.25, -0.2) is 9.97 Å². The number of pyridine rings is 1. The van der Waals surface area contributed by atoms with Crippen LogP contribution in [0, 0.1) is 0 Å². The van der Waals surface area contributed by atoms with Gasteiger partial charge in [-0.3, -0.25) is 14.4 Å². The van der Waals surface area contributed by atoms with Crippen molar-refractivity contribution in [3.05, 3.63) is 118 Å². The zero-order chi connectivity index (χ0) is 24.9. The Morgan fingerprint density at radius 2 is 2.00 bits per heavy atom. The van der Waals surface area contributed by atoms with Gasteiger partial charge in [0.2, 0.25) is 0 Å². The monoisotopic (exact) mass is 477 g/mol. The summed E-state index contributed by atoms with van der Waals surface area (Å²) in [7, 11) is 0. The van der Waals surface area contributed by atoms with Gasteiger partial charge in [-0.1, -0.05) is 24.3 Å². The Bertz CT molecular complexity index is 1530.